The van der Waals surface area contributed by atoms with Gasteiger partial charge in [-0.15, -0.1) is 11.3 Å². The molecule has 0 spiro atoms. The summed E-state index contributed by atoms with van der Waals surface area (Å²) in [5.41, 5.74) is 1.12. The first kappa shape index (κ1) is 15.0. The largest absolute Gasteiger partial charge is 0.481 e. The zero-order chi connectivity index (χ0) is 13.8. The van der Waals surface area contributed by atoms with E-state index in [0.29, 0.717) is 6.42 Å². The normalized spacial score (nSPS) is 11.6. The third-order valence-electron chi connectivity index (χ3n) is 3.12. The van der Waals surface area contributed by atoms with Crippen molar-refractivity contribution in [1.82, 2.24) is 4.98 Å². The summed E-state index contributed by atoms with van der Waals surface area (Å²) < 4.78 is 0. The Morgan fingerprint density at radius 3 is 2.56 bits per heavy atom. The molecule has 0 radical (unpaired) electrons. The molecule has 1 aromatic rings. The van der Waals surface area contributed by atoms with Crippen molar-refractivity contribution in [3.05, 3.63) is 10.6 Å². The average Bonchev–Trinajstić information content (AvgIpc) is 2.55. The highest BCUT2D eigenvalue weighted by atomic mass is 32.1. The van der Waals surface area contributed by atoms with Crippen LogP contribution in [0.4, 0.5) is 5.13 Å². The van der Waals surface area contributed by atoms with E-state index < -0.39 is 5.97 Å². The van der Waals surface area contributed by atoms with Gasteiger partial charge in [-0.05, 0) is 32.1 Å². The quantitative estimate of drug-likeness (QED) is 0.796. The van der Waals surface area contributed by atoms with E-state index in [1.54, 1.807) is 11.3 Å². The molecule has 0 amide bonds. The highest BCUT2D eigenvalue weighted by Crippen LogP contribution is 2.27. The van der Waals surface area contributed by atoms with Gasteiger partial charge in [-0.3, -0.25) is 4.79 Å². The molecule has 1 aromatic heterocycles. The number of rotatable bonds is 7. The Kier molecular flexibility index (Phi) is 5.14. The van der Waals surface area contributed by atoms with Crippen LogP contribution in [0, 0.1) is 19.3 Å². The lowest BCUT2D eigenvalue weighted by Crippen LogP contribution is -2.18. The van der Waals surface area contributed by atoms with Gasteiger partial charge in [0.05, 0.1) is 5.69 Å². The molecule has 0 aliphatic heterocycles. The average molecular weight is 270 g/mol. The van der Waals surface area contributed by atoms with E-state index in [1.807, 2.05) is 6.92 Å². The maximum Gasteiger partial charge on any atom is 0.303 e. The second-order valence-electron chi connectivity index (χ2n) is 5.40. The van der Waals surface area contributed by atoms with Gasteiger partial charge in [0.15, 0.2) is 5.13 Å². The van der Waals surface area contributed by atoms with Crippen molar-refractivity contribution in [2.24, 2.45) is 5.41 Å². The number of carbonyl (C=O) groups is 1. The number of hydrogen-bond acceptors (Lipinski definition) is 4. The molecule has 0 aromatic carbocycles. The van der Waals surface area contributed by atoms with E-state index in [0.717, 1.165) is 23.8 Å². The number of nitrogens with zero attached hydrogens (tertiary/aromatic N) is 1. The van der Waals surface area contributed by atoms with E-state index >= 15 is 0 Å². The summed E-state index contributed by atoms with van der Waals surface area (Å²) in [5.74, 6) is -0.720. The van der Waals surface area contributed by atoms with Crippen molar-refractivity contribution in [2.45, 2.75) is 47.0 Å². The van der Waals surface area contributed by atoms with E-state index in [1.165, 1.54) is 4.88 Å². The number of aromatic nitrogens is 1. The summed E-state index contributed by atoms with van der Waals surface area (Å²) >= 11 is 1.67. The highest BCUT2D eigenvalue weighted by Gasteiger charge is 2.18. The van der Waals surface area contributed by atoms with E-state index in [9.17, 15) is 4.79 Å². The first-order valence-electron chi connectivity index (χ1n) is 6.20. The number of aryl methyl sites for hydroxylation is 2. The van der Waals surface area contributed by atoms with Gasteiger partial charge in [-0.1, -0.05) is 13.8 Å². The second kappa shape index (κ2) is 6.18. The summed E-state index contributed by atoms with van der Waals surface area (Å²) in [7, 11) is 0. The summed E-state index contributed by atoms with van der Waals surface area (Å²) in [6.45, 7) is 9.12. The lowest BCUT2D eigenvalue weighted by molar-refractivity contribution is -0.137. The second-order valence-corrected chi connectivity index (χ2v) is 6.60. The smallest absolute Gasteiger partial charge is 0.303 e. The third-order valence-corrected chi connectivity index (χ3v) is 4.15. The monoisotopic (exact) mass is 270 g/mol. The van der Waals surface area contributed by atoms with Crippen molar-refractivity contribution in [3.63, 3.8) is 0 Å². The Bertz CT molecular complexity index is 394. The molecule has 0 atom stereocenters. The minimum atomic E-state index is -0.720. The van der Waals surface area contributed by atoms with Crippen LogP contribution in [-0.4, -0.2) is 22.6 Å². The van der Waals surface area contributed by atoms with Gasteiger partial charge >= 0.3 is 5.97 Å². The van der Waals surface area contributed by atoms with Crippen molar-refractivity contribution >= 4 is 22.4 Å². The van der Waals surface area contributed by atoms with Gasteiger partial charge in [-0.25, -0.2) is 4.98 Å². The van der Waals surface area contributed by atoms with Crippen LogP contribution in [0.1, 0.15) is 43.7 Å². The predicted octanol–water partition coefficient (Wildman–Crippen LogP) is 3.45. The molecular formula is C13H22N2O2S. The van der Waals surface area contributed by atoms with Gasteiger partial charge in [0.25, 0.3) is 0 Å². The zero-order valence-electron chi connectivity index (χ0n) is 11.5. The molecule has 0 saturated heterocycles. The number of thiazole rings is 1. The molecule has 18 heavy (non-hydrogen) atoms. The van der Waals surface area contributed by atoms with Gasteiger partial charge in [-0.2, -0.15) is 0 Å². The first-order valence-corrected chi connectivity index (χ1v) is 7.01. The number of anilines is 1. The molecule has 1 rings (SSSR count). The molecule has 2 N–H and O–H groups in total. The first-order chi connectivity index (χ1) is 8.30. The van der Waals surface area contributed by atoms with Crippen LogP contribution in [0.2, 0.25) is 0 Å². The molecule has 0 bridgehead atoms. The van der Waals surface area contributed by atoms with Gasteiger partial charge in [0, 0.05) is 17.8 Å². The van der Waals surface area contributed by atoms with Crippen LogP contribution in [0.3, 0.4) is 0 Å². The van der Waals surface area contributed by atoms with Crippen molar-refractivity contribution in [3.8, 4) is 0 Å². The van der Waals surface area contributed by atoms with E-state index in [2.05, 4.69) is 31.1 Å². The number of carboxylic acid groups (broad SMARTS) is 1. The predicted molar refractivity (Wildman–Crippen MR) is 75.3 cm³/mol. The number of aliphatic carboxylic acids is 1. The number of hydrogen-bond donors (Lipinski definition) is 2. The molecule has 4 nitrogen and oxygen atoms in total. The lowest BCUT2D eigenvalue weighted by Gasteiger charge is -2.23. The zero-order valence-corrected chi connectivity index (χ0v) is 12.4. The molecule has 0 aliphatic carbocycles. The number of nitrogens with one attached hydrogen (secondary N) is 1. The molecule has 0 saturated carbocycles. The van der Waals surface area contributed by atoms with Crippen LogP contribution in [-0.2, 0) is 4.79 Å². The Hall–Kier alpha value is -1.10. The summed E-state index contributed by atoms with van der Waals surface area (Å²) in [4.78, 5) is 16.2. The highest BCUT2D eigenvalue weighted by molar-refractivity contribution is 7.15. The van der Waals surface area contributed by atoms with Crippen molar-refractivity contribution in [1.29, 1.82) is 0 Å². The fourth-order valence-electron chi connectivity index (χ4n) is 1.63. The molecular weight excluding hydrogens is 248 g/mol. The van der Waals surface area contributed by atoms with Gasteiger partial charge < -0.3 is 10.4 Å². The molecule has 0 fully saturated rings. The summed E-state index contributed by atoms with van der Waals surface area (Å²) in [6, 6.07) is 0. The SMILES string of the molecule is Cc1nc(NCCC(C)(C)CCC(=O)O)sc1C. The molecule has 0 unspecified atom stereocenters. The topological polar surface area (TPSA) is 62.2 Å². The lowest BCUT2D eigenvalue weighted by atomic mass is 9.84. The summed E-state index contributed by atoms with van der Waals surface area (Å²) in [5, 5.41) is 13.0. The Labute approximate surface area is 112 Å². The molecule has 5 heteroatoms. The minimum Gasteiger partial charge on any atom is -0.481 e. The standard InChI is InChI=1S/C13H22N2O2S/c1-9-10(2)18-12(15-9)14-8-7-13(3,4)6-5-11(16)17/h5-8H2,1-4H3,(H,14,15)(H,16,17). The number of carboxylic acids is 1. The minimum absolute atomic E-state index is 0.0484. The fourth-order valence-corrected chi connectivity index (χ4v) is 2.47. The maximum atomic E-state index is 10.6. The van der Waals surface area contributed by atoms with Crippen LogP contribution in [0.15, 0.2) is 0 Å². The van der Waals surface area contributed by atoms with Gasteiger partial charge in [0.1, 0.15) is 0 Å². The van der Waals surface area contributed by atoms with Crippen LogP contribution in [0.25, 0.3) is 0 Å². The van der Waals surface area contributed by atoms with Crippen molar-refractivity contribution in [2.75, 3.05) is 11.9 Å². The fraction of sp³-hybridized carbons (Fsp3) is 0.692. The molecule has 102 valence electrons. The van der Waals surface area contributed by atoms with E-state index in [4.69, 9.17) is 5.11 Å². The summed E-state index contributed by atoms with van der Waals surface area (Å²) in [6.07, 6.45) is 1.89. The van der Waals surface area contributed by atoms with Gasteiger partial charge in [0.2, 0.25) is 0 Å². The van der Waals surface area contributed by atoms with Crippen LogP contribution in [0.5, 0.6) is 0 Å². The van der Waals surface area contributed by atoms with Crippen LogP contribution < -0.4 is 5.32 Å². The van der Waals surface area contributed by atoms with Crippen molar-refractivity contribution < 1.29 is 9.90 Å². The molecule has 1 heterocycles. The van der Waals surface area contributed by atoms with Crippen LogP contribution >= 0.6 is 11.3 Å². The van der Waals surface area contributed by atoms with E-state index in [-0.39, 0.29) is 11.8 Å². The Morgan fingerprint density at radius 2 is 2.06 bits per heavy atom. The Morgan fingerprint density at radius 1 is 1.39 bits per heavy atom. The Balaban J connectivity index is 2.34. The molecule has 0 aliphatic rings. The maximum absolute atomic E-state index is 10.6. The third kappa shape index (κ3) is 5.04.